The predicted molar refractivity (Wildman–Crippen MR) is 59.7 cm³/mol. The number of carbonyl (C=O) groups is 1. The van der Waals surface area contributed by atoms with E-state index in [1.54, 1.807) is 0 Å². The molecule has 86 valence electrons. The normalized spacial score (nSPS) is 13.1. The first-order valence-corrected chi connectivity index (χ1v) is 5.24. The fourth-order valence-electron chi connectivity index (χ4n) is 1.42. The fourth-order valence-corrected chi connectivity index (χ4v) is 1.42. The molecule has 0 radical (unpaired) electrons. The van der Waals surface area contributed by atoms with Crippen LogP contribution in [0.4, 0.5) is 0 Å². The average Bonchev–Trinajstić information content (AvgIpc) is 2.30. The topological polar surface area (TPSA) is 79.7 Å². The number of hydrogen-bond acceptors (Lipinski definition) is 4. The minimum atomic E-state index is -1.07. The zero-order valence-electron chi connectivity index (χ0n) is 9.30. The van der Waals surface area contributed by atoms with E-state index in [0.717, 1.165) is 0 Å². The van der Waals surface area contributed by atoms with Crippen molar-refractivity contribution in [3.05, 3.63) is 23.5 Å². The van der Waals surface area contributed by atoms with Crippen LogP contribution in [0.1, 0.15) is 29.9 Å². The Balaban J connectivity index is 0.000000606. The number of carboxylic acid groups (broad SMARTS) is 1. The van der Waals surface area contributed by atoms with Gasteiger partial charge in [0, 0.05) is 12.5 Å². The molecule has 0 spiro atoms. The van der Waals surface area contributed by atoms with E-state index in [4.69, 9.17) is 9.76 Å². The van der Waals surface area contributed by atoms with Crippen LogP contribution in [0.15, 0.2) is 12.3 Å². The second kappa shape index (κ2) is 5.51. The second-order valence-corrected chi connectivity index (χ2v) is 3.05. The van der Waals surface area contributed by atoms with Crippen molar-refractivity contribution in [1.82, 2.24) is 4.98 Å². The summed E-state index contributed by atoms with van der Waals surface area (Å²) < 4.78 is 5.04. The van der Waals surface area contributed by atoms with Gasteiger partial charge in [-0.1, -0.05) is 13.8 Å². The van der Waals surface area contributed by atoms with E-state index in [2.05, 4.69) is 4.98 Å². The molecule has 0 unspecified atom stereocenters. The highest BCUT2D eigenvalue weighted by Crippen LogP contribution is 2.28. The molecule has 0 fully saturated rings. The Bertz CT molecular complexity index is 383. The van der Waals surface area contributed by atoms with Gasteiger partial charge in [-0.05, 0) is 12.5 Å². The quantitative estimate of drug-likeness (QED) is 0.699. The van der Waals surface area contributed by atoms with Crippen molar-refractivity contribution in [2.24, 2.45) is 0 Å². The number of pyridine rings is 1. The summed E-state index contributed by atoms with van der Waals surface area (Å²) in [5, 5.41) is 18.1. The van der Waals surface area contributed by atoms with Crippen molar-refractivity contribution < 1.29 is 19.6 Å². The zero-order chi connectivity index (χ0) is 12.1. The Morgan fingerprint density at radius 3 is 2.88 bits per heavy atom. The van der Waals surface area contributed by atoms with Gasteiger partial charge in [-0.3, -0.25) is 4.98 Å². The molecule has 1 aliphatic rings. The largest absolute Gasteiger partial charge is 0.534 e. The van der Waals surface area contributed by atoms with Crippen LogP contribution in [0.3, 0.4) is 0 Å². The highest BCUT2D eigenvalue weighted by Gasteiger charge is 2.27. The molecule has 0 aromatic carbocycles. The molecule has 5 nitrogen and oxygen atoms in total. The molecule has 1 aliphatic heterocycles. The molecule has 1 aromatic rings. The second-order valence-electron chi connectivity index (χ2n) is 3.05. The lowest BCUT2D eigenvalue weighted by molar-refractivity contribution is 0.0694. The maximum atomic E-state index is 10.8. The van der Waals surface area contributed by atoms with Crippen LogP contribution in [0.2, 0.25) is 6.32 Å². The minimum Gasteiger partial charge on any atom is -0.534 e. The van der Waals surface area contributed by atoms with Gasteiger partial charge >= 0.3 is 13.1 Å². The van der Waals surface area contributed by atoms with Crippen LogP contribution >= 0.6 is 0 Å². The lowest BCUT2D eigenvalue weighted by Crippen LogP contribution is -2.28. The fraction of sp³-hybridized carbons (Fsp3) is 0.400. The summed E-state index contributed by atoms with van der Waals surface area (Å²) in [5.74, 6) is -0.878. The Kier molecular flexibility index (Phi) is 4.31. The highest BCUT2D eigenvalue weighted by atomic mass is 16.5. The number of aryl methyl sites for hydroxylation is 1. The van der Waals surface area contributed by atoms with E-state index in [9.17, 15) is 9.82 Å². The Morgan fingerprint density at radius 1 is 1.56 bits per heavy atom. The Hall–Kier alpha value is -1.56. The van der Waals surface area contributed by atoms with E-state index in [1.165, 1.54) is 12.3 Å². The molecular weight excluding hydrogens is 209 g/mol. The van der Waals surface area contributed by atoms with Crippen LogP contribution in [-0.2, 0) is 6.42 Å². The highest BCUT2D eigenvalue weighted by molar-refractivity contribution is 6.44. The van der Waals surface area contributed by atoms with Gasteiger partial charge in [0.2, 0.25) is 0 Å². The Labute approximate surface area is 94.2 Å². The third kappa shape index (κ3) is 2.52. The third-order valence-electron chi connectivity index (χ3n) is 2.09. The number of fused-ring (bicyclic) bond motifs is 1. The maximum absolute atomic E-state index is 10.8. The van der Waals surface area contributed by atoms with Gasteiger partial charge in [-0.25, -0.2) is 4.79 Å². The van der Waals surface area contributed by atoms with E-state index in [1.807, 2.05) is 13.8 Å². The first kappa shape index (κ1) is 12.5. The van der Waals surface area contributed by atoms with E-state index < -0.39 is 13.1 Å². The van der Waals surface area contributed by atoms with Gasteiger partial charge in [0.1, 0.15) is 11.3 Å². The third-order valence-corrected chi connectivity index (χ3v) is 2.09. The molecular formula is C10H14BNO4. The summed E-state index contributed by atoms with van der Waals surface area (Å²) in [7, 11) is -0.926. The van der Waals surface area contributed by atoms with Gasteiger partial charge in [-0.15, -0.1) is 0 Å². The van der Waals surface area contributed by atoms with Crippen molar-refractivity contribution in [3.63, 3.8) is 0 Å². The van der Waals surface area contributed by atoms with Crippen LogP contribution < -0.4 is 4.65 Å². The lowest BCUT2D eigenvalue weighted by atomic mass is 9.80. The van der Waals surface area contributed by atoms with Crippen LogP contribution in [0.25, 0.3) is 0 Å². The molecule has 2 rings (SSSR count). The van der Waals surface area contributed by atoms with Crippen LogP contribution in [0.5, 0.6) is 5.75 Å². The van der Waals surface area contributed by atoms with Gasteiger partial charge in [0.05, 0.1) is 5.69 Å². The molecule has 0 amide bonds. The number of hydrogen-bond donors (Lipinski definition) is 2. The summed E-state index contributed by atoms with van der Waals surface area (Å²) in [6.45, 7) is 4.00. The van der Waals surface area contributed by atoms with Gasteiger partial charge in [0.25, 0.3) is 0 Å². The predicted octanol–water partition coefficient (Wildman–Crippen LogP) is 1.22. The summed E-state index contributed by atoms with van der Waals surface area (Å²) in [5.41, 5.74) is 0.643. The average molecular weight is 223 g/mol. The molecule has 0 saturated carbocycles. The Morgan fingerprint density at radius 2 is 2.25 bits per heavy atom. The molecule has 1 aromatic heterocycles. The lowest BCUT2D eigenvalue weighted by Gasteiger charge is -2.19. The van der Waals surface area contributed by atoms with E-state index >= 15 is 0 Å². The maximum Gasteiger partial charge on any atom is 0.523 e. The van der Waals surface area contributed by atoms with Gasteiger partial charge in [-0.2, -0.15) is 0 Å². The molecule has 0 atom stereocenters. The summed E-state index contributed by atoms with van der Waals surface area (Å²) in [6.07, 6.45) is 2.42. The van der Waals surface area contributed by atoms with E-state index in [-0.39, 0.29) is 11.3 Å². The molecule has 0 saturated heterocycles. The van der Waals surface area contributed by atoms with Crippen molar-refractivity contribution in [2.45, 2.75) is 26.6 Å². The standard InChI is InChI=1S/C8H8BNO4.C2H6/c11-8(12)5-2-4-10-6-1-3-9(13)14-7(5)6;1-2/h2,4,13H,1,3H2,(H,11,12);1-2H3. The zero-order valence-corrected chi connectivity index (χ0v) is 9.30. The van der Waals surface area contributed by atoms with Crippen molar-refractivity contribution in [2.75, 3.05) is 0 Å². The molecule has 0 bridgehead atoms. The number of aromatic carboxylic acids is 1. The SMILES string of the molecule is CC.O=C(O)c1ccnc2c1OB(O)CC2. The monoisotopic (exact) mass is 223 g/mol. The number of rotatable bonds is 1. The number of nitrogens with zero attached hydrogens (tertiary/aromatic N) is 1. The summed E-state index contributed by atoms with van der Waals surface area (Å²) >= 11 is 0. The van der Waals surface area contributed by atoms with Crippen molar-refractivity contribution in [1.29, 1.82) is 0 Å². The van der Waals surface area contributed by atoms with Crippen molar-refractivity contribution >= 4 is 13.1 Å². The molecule has 2 N–H and O–H groups in total. The molecule has 16 heavy (non-hydrogen) atoms. The number of carboxylic acids is 1. The van der Waals surface area contributed by atoms with Gasteiger partial charge < -0.3 is 14.8 Å². The van der Waals surface area contributed by atoms with Crippen LogP contribution in [-0.4, -0.2) is 28.2 Å². The number of aromatic nitrogens is 1. The summed E-state index contributed by atoms with van der Waals surface area (Å²) in [4.78, 5) is 14.8. The van der Waals surface area contributed by atoms with Crippen LogP contribution in [0, 0.1) is 0 Å². The minimum absolute atomic E-state index is 0.0498. The van der Waals surface area contributed by atoms with Crippen molar-refractivity contribution in [3.8, 4) is 5.75 Å². The smallest absolute Gasteiger partial charge is 0.523 e. The van der Waals surface area contributed by atoms with Gasteiger partial charge in [0.15, 0.2) is 0 Å². The molecule has 2 heterocycles. The van der Waals surface area contributed by atoms with E-state index in [0.29, 0.717) is 18.4 Å². The first-order valence-electron chi connectivity index (χ1n) is 5.24. The first-order chi connectivity index (χ1) is 7.68. The summed E-state index contributed by atoms with van der Waals surface area (Å²) in [6, 6.07) is 1.36. The molecule has 6 heteroatoms. The molecule has 0 aliphatic carbocycles.